The average Bonchev–Trinajstić information content (AvgIpc) is 2.89. The van der Waals surface area contributed by atoms with Crippen molar-refractivity contribution in [3.05, 3.63) is 35.9 Å². The molecule has 3 atom stereocenters. The Kier molecular flexibility index (Phi) is 3.59. The number of fused-ring (bicyclic) bond motifs is 1. The molecule has 1 saturated heterocycles. The Labute approximate surface area is 126 Å². The van der Waals surface area contributed by atoms with Crippen molar-refractivity contribution in [2.75, 3.05) is 0 Å². The second-order valence-electron chi connectivity index (χ2n) is 5.43. The van der Waals surface area contributed by atoms with Crippen LogP contribution < -0.4 is 5.32 Å². The molecule has 1 aliphatic heterocycles. The van der Waals surface area contributed by atoms with E-state index < -0.39 is 28.6 Å². The van der Waals surface area contributed by atoms with Gasteiger partial charge in [0, 0.05) is 6.42 Å². The number of aliphatic hydroxyl groups excluding tert-OH is 1. The van der Waals surface area contributed by atoms with Crippen molar-refractivity contribution >= 4 is 28.7 Å². The van der Waals surface area contributed by atoms with Crippen LogP contribution in [0.3, 0.4) is 0 Å². The zero-order valence-corrected chi connectivity index (χ0v) is 12.1. The molecule has 0 bridgehead atoms. The molecule has 1 saturated carbocycles. The van der Waals surface area contributed by atoms with Crippen LogP contribution in [0.5, 0.6) is 0 Å². The molecule has 2 N–H and O–H groups in total. The normalized spacial score (nSPS) is 31.1. The van der Waals surface area contributed by atoms with Crippen LogP contribution in [0, 0.1) is 5.92 Å². The van der Waals surface area contributed by atoms with Gasteiger partial charge in [-0.05, 0) is 18.4 Å². The van der Waals surface area contributed by atoms with E-state index in [0.717, 1.165) is 17.3 Å². The summed E-state index contributed by atoms with van der Waals surface area (Å²) in [7, 11) is 0. The van der Waals surface area contributed by atoms with Crippen molar-refractivity contribution in [2.24, 2.45) is 5.92 Å². The lowest BCUT2D eigenvalue weighted by Gasteiger charge is -2.23. The molecule has 2 amide bonds. The zero-order chi connectivity index (χ0) is 15.0. The van der Waals surface area contributed by atoms with E-state index in [-0.39, 0.29) is 11.5 Å². The van der Waals surface area contributed by atoms with Crippen molar-refractivity contribution in [2.45, 2.75) is 30.1 Å². The van der Waals surface area contributed by atoms with E-state index in [2.05, 4.69) is 5.32 Å². The van der Waals surface area contributed by atoms with Gasteiger partial charge in [-0.25, -0.2) is 0 Å². The Morgan fingerprint density at radius 2 is 2.05 bits per heavy atom. The predicted octanol–water partition coefficient (Wildman–Crippen LogP) is 0.655. The lowest BCUT2D eigenvalue weighted by Crippen LogP contribution is -2.39. The monoisotopic (exact) mass is 305 g/mol. The minimum atomic E-state index is -1.12. The van der Waals surface area contributed by atoms with Gasteiger partial charge in [0.05, 0.1) is 12.0 Å². The number of rotatable bonds is 3. The molecule has 2 fully saturated rings. The average molecular weight is 305 g/mol. The quantitative estimate of drug-likeness (QED) is 0.801. The molecule has 6 heteroatoms. The van der Waals surface area contributed by atoms with E-state index in [9.17, 15) is 19.5 Å². The molecule has 110 valence electrons. The number of carbonyl (C=O) groups is 3. The lowest BCUT2D eigenvalue weighted by atomic mass is 9.97. The van der Waals surface area contributed by atoms with Gasteiger partial charge in [-0.15, -0.1) is 0 Å². The van der Waals surface area contributed by atoms with Gasteiger partial charge >= 0.3 is 0 Å². The van der Waals surface area contributed by atoms with E-state index >= 15 is 0 Å². The Bertz CT molecular complexity index is 603. The maximum Gasteiger partial charge on any atom is 0.244 e. The van der Waals surface area contributed by atoms with Gasteiger partial charge in [-0.1, -0.05) is 42.1 Å². The van der Waals surface area contributed by atoms with E-state index in [0.29, 0.717) is 12.8 Å². The van der Waals surface area contributed by atoms with Crippen LogP contribution in [0.1, 0.15) is 18.4 Å². The van der Waals surface area contributed by atoms with Gasteiger partial charge in [-0.3, -0.25) is 19.7 Å². The molecule has 1 heterocycles. The smallest absolute Gasteiger partial charge is 0.244 e. The fraction of sp³-hybridized carbons (Fsp3) is 0.400. The lowest BCUT2D eigenvalue weighted by molar-refractivity contribution is -0.127. The first-order valence-electron chi connectivity index (χ1n) is 6.82. The number of nitrogens with one attached hydrogen (secondary N) is 1. The van der Waals surface area contributed by atoms with Crippen LogP contribution in [-0.2, 0) is 20.8 Å². The van der Waals surface area contributed by atoms with E-state index in [1.807, 2.05) is 30.3 Å². The van der Waals surface area contributed by atoms with Gasteiger partial charge in [0.15, 0.2) is 5.12 Å². The number of amides is 2. The molecule has 0 unspecified atom stereocenters. The van der Waals surface area contributed by atoms with Crippen molar-refractivity contribution in [1.82, 2.24) is 5.32 Å². The summed E-state index contributed by atoms with van der Waals surface area (Å²) in [6, 6.07) is 9.25. The Hall–Kier alpha value is -1.66. The van der Waals surface area contributed by atoms with Crippen LogP contribution in [0.4, 0.5) is 0 Å². The van der Waals surface area contributed by atoms with Crippen LogP contribution in [0.25, 0.3) is 0 Å². The highest BCUT2D eigenvalue weighted by Crippen LogP contribution is 2.49. The highest BCUT2D eigenvalue weighted by atomic mass is 32.2. The second-order valence-corrected chi connectivity index (χ2v) is 6.82. The van der Waals surface area contributed by atoms with Crippen LogP contribution in [-0.4, -0.2) is 32.9 Å². The number of benzene rings is 1. The highest BCUT2D eigenvalue weighted by molar-refractivity contribution is 8.15. The molecule has 1 aliphatic carbocycles. The van der Waals surface area contributed by atoms with E-state index in [1.165, 1.54) is 0 Å². The first-order chi connectivity index (χ1) is 10.0. The molecule has 21 heavy (non-hydrogen) atoms. The predicted molar refractivity (Wildman–Crippen MR) is 77.4 cm³/mol. The number of aliphatic hydroxyl groups is 1. The van der Waals surface area contributed by atoms with Crippen molar-refractivity contribution < 1.29 is 19.5 Å². The maximum absolute atomic E-state index is 12.3. The van der Waals surface area contributed by atoms with Crippen molar-refractivity contribution in [1.29, 1.82) is 0 Å². The molecule has 0 aromatic heterocycles. The van der Waals surface area contributed by atoms with Crippen LogP contribution >= 0.6 is 11.8 Å². The Morgan fingerprint density at radius 1 is 1.33 bits per heavy atom. The third-order valence-electron chi connectivity index (χ3n) is 4.09. The molecular weight excluding hydrogens is 290 g/mol. The fourth-order valence-electron chi connectivity index (χ4n) is 3.09. The molecule has 5 nitrogen and oxygen atoms in total. The third kappa shape index (κ3) is 2.38. The number of imide groups is 1. The summed E-state index contributed by atoms with van der Waals surface area (Å²) in [5.41, 5.74) is 0.867. The molecule has 0 radical (unpaired) electrons. The summed E-state index contributed by atoms with van der Waals surface area (Å²) in [6.45, 7) is 0. The molecular formula is C15H15NO4S. The molecule has 2 aliphatic rings. The van der Waals surface area contributed by atoms with Gasteiger partial charge in [0.1, 0.15) is 4.75 Å². The summed E-state index contributed by atoms with van der Waals surface area (Å²) in [4.78, 5) is 36.2. The standard InChI is InChI=1S/C15H15NO4S/c17-10-6-7-15(12(10)13(19)16-14(15)20)21-11(18)8-9-4-2-1-3-5-9/h1-5,10,12,17H,6-8H2,(H,16,19,20)/t10-,12+,15-/m0/s1. The Morgan fingerprint density at radius 3 is 2.76 bits per heavy atom. The largest absolute Gasteiger partial charge is 0.392 e. The van der Waals surface area contributed by atoms with Crippen LogP contribution in [0.15, 0.2) is 30.3 Å². The first-order valence-corrected chi connectivity index (χ1v) is 7.64. The van der Waals surface area contributed by atoms with Crippen molar-refractivity contribution in [3.63, 3.8) is 0 Å². The summed E-state index contributed by atoms with van der Waals surface area (Å²) < 4.78 is -1.12. The van der Waals surface area contributed by atoms with Gasteiger partial charge in [0.2, 0.25) is 11.8 Å². The molecule has 0 spiro atoms. The minimum absolute atomic E-state index is 0.162. The van der Waals surface area contributed by atoms with Crippen LogP contribution in [0.2, 0.25) is 0 Å². The SMILES string of the molecule is O=C(Cc1ccccc1)S[C@@]12CC[C@H](O)[C@@H]1C(=O)NC2=O. The summed E-state index contributed by atoms with van der Waals surface area (Å²) in [5.74, 6) is -1.72. The third-order valence-corrected chi connectivity index (χ3v) is 5.47. The first kappa shape index (κ1) is 14.3. The fourth-order valence-corrected chi connectivity index (χ4v) is 4.49. The molecule has 1 aromatic carbocycles. The topological polar surface area (TPSA) is 83.5 Å². The number of thioether (sulfide) groups is 1. The molecule has 1 aromatic rings. The Balaban J connectivity index is 1.78. The number of hydrogen-bond acceptors (Lipinski definition) is 5. The van der Waals surface area contributed by atoms with E-state index in [1.54, 1.807) is 0 Å². The summed E-state index contributed by atoms with van der Waals surface area (Å²) in [5, 5.41) is 12.0. The minimum Gasteiger partial charge on any atom is -0.392 e. The zero-order valence-electron chi connectivity index (χ0n) is 11.2. The van der Waals surface area contributed by atoms with Gasteiger partial charge in [0.25, 0.3) is 0 Å². The maximum atomic E-state index is 12.3. The second kappa shape index (κ2) is 5.27. The van der Waals surface area contributed by atoms with Gasteiger partial charge < -0.3 is 5.11 Å². The summed E-state index contributed by atoms with van der Waals surface area (Å²) in [6.07, 6.45) is 0.0719. The number of carbonyl (C=O) groups excluding carboxylic acids is 3. The molecule has 3 rings (SSSR count). The summed E-state index contributed by atoms with van der Waals surface area (Å²) >= 11 is 0.904. The van der Waals surface area contributed by atoms with Crippen molar-refractivity contribution in [3.8, 4) is 0 Å². The van der Waals surface area contributed by atoms with E-state index in [4.69, 9.17) is 0 Å². The van der Waals surface area contributed by atoms with Gasteiger partial charge in [-0.2, -0.15) is 0 Å². The number of hydrogen-bond donors (Lipinski definition) is 2. The highest BCUT2D eigenvalue weighted by Gasteiger charge is 2.62.